The molecular weight excluding hydrogens is 294 g/mol. The van der Waals surface area contributed by atoms with E-state index in [9.17, 15) is 4.79 Å². The average Bonchev–Trinajstić information content (AvgIpc) is 2.83. The van der Waals surface area contributed by atoms with Crippen molar-refractivity contribution in [2.45, 2.75) is 20.0 Å². The normalized spacial score (nSPS) is 10.3. The first-order chi connectivity index (χ1) is 9.56. The van der Waals surface area contributed by atoms with Crippen molar-refractivity contribution in [3.8, 4) is 0 Å². The maximum absolute atomic E-state index is 11.3. The third kappa shape index (κ3) is 3.95. The summed E-state index contributed by atoms with van der Waals surface area (Å²) in [6, 6.07) is 7.94. The molecule has 0 aliphatic heterocycles. The van der Waals surface area contributed by atoms with Crippen LogP contribution >= 0.6 is 22.9 Å². The van der Waals surface area contributed by atoms with Gasteiger partial charge in [-0.1, -0.05) is 29.8 Å². The van der Waals surface area contributed by atoms with Crippen molar-refractivity contribution < 1.29 is 4.79 Å². The van der Waals surface area contributed by atoms with Gasteiger partial charge >= 0.3 is 0 Å². The van der Waals surface area contributed by atoms with Crippen molar-refractivity contribution in [2.24, 2.45) is 0 Å². The van der Waals surface area contributed by atoms with Crippen LogP contribution in [0.1, 0.15) is 17.5 Å². The topological polar surface area (TPSA) is 45.2 Å². The lowest BCUT2D eigenvalue weighted by atomic mass is 10.1. The number of rotatable bonds is 5. The van der Waals surface area contributed by atoms with E-state index in [1.165, 1.54) is 11.3 Å². The number of carbonyl (C=O) groups is 1. The van der Waals surface area contributed by atoms with Crippen LogP contribution in [0.4, 0.5) is 5.69 Å². The largest absolute Gasteiger partial charge is 0.378 e. The van der Waals surface area contributed by atoms with Gasteiger partial charge in [-0.05, 0) is 11.6 Å². The first-order valence-electron chi connectivity index (χ1n) is 6.20. The molecule has 0 aliphatic carbocycles. The zero-order valence-corrected chi connectivity index (χ0v) is 13.0. The molecule has 0 saturated heterocycles. The number of halogens is 1. The molecule has 1 heterocycles. The molecule has 0 unspecified atom stereocenters. The van der Waals surface area contributed by atoms with Gasteiger partial charge in [0.1, 0.15) is 9.34 Å². The van der Waals surface area contributed by atoms with Crippen molar-refractivity contribution in [3.63, 3.8) is 0 Å². The highest BCUT2D eigenvalue weighted by atomic mass is 35.5. The molecule has 0 fully saturated rings. The highest BCUT2D eigenvalue weighted by molar-refractivity contribution is 7.15. The molecule has 0 saturated carbocycles. The number of nitrogens with one attached hydrogen (secondary N) is 1. The van der Waals surface area contributed by atoms with E-state index < -0.39 is 0 Å². The number of anilines is 1. The SMILES string of the molecule is CC(=O)N(C)Cc1ccccc1NCc1ncc(Cl)s1. The molecule has 106 valence electrons. The van der Waals surface area contributed by atoms with Gasteiger partial charge in [-0.25, -0.2) is 4.98 Å². The Hall–Kier alpha value is -1.59. The van der Waals surface area contributed by atoms with Crippen LogP contribution in [0.15, 0.2) is 30.5 Å². The van der Waals surface area contributed by atoms with E-state index in [2.05, 4.69) is 10.3 Å². The Kier molecular flexibility index (Phi) is 4.98. The highest BCUT2D eigenvalue weighted by Gasteiger charge is 2.08. The second kappa shape index (κ2) is 6.72. The zero-order chi connectivity index (χ0) is 14.5. The number of amides is 1. The molecule has 6 heteroatoms. The van der Waals surface area contributed by atoms with Crippen molar-refractivity contribution in [3.05, 3.63) is 45.4 Å². The molecule has 0 aliphatic rings. The molecule has 0 radical (unpaired) electrons. The van der Waals surface area contributed by atoms with Gasteiger partial charge in [0.25, 0.3) is 0 Å². The summed E-state index contributed by atoms with van der Waals surface area (Å²) in [5.41, 5.74) is 2.08. The number of aromatic nitrogens is 1. The van der Waals surface area contributed by atoms with E-state index in [-0.39, 0.29) is 5.91 Å². The third-order valence-electron chi connectivity index (χ3n) is 2.92. The quantitative estimate of drug-likeness (QED) is 0.921. The van der Waals surface area contributed by atoms with Gasteiger partial charge in [0.05, 0.1) is 12.7 Å². The summed E-state index contributed by atoms with van der Waals surface area (Å²) in [4.78, 5) is 17.2. The number of thiazole rings is 1. The van der Waals surface area contributed by atoms with E-state index in [4.69, 9.17) is 11.6 Å². The second-order valence-electron chi connectivity index (χ2n) is 4.44. The summed E-state index contributed by atoms with van der Waals surface area (Å²) in [7, 11) is 1.79. The van der Waals surface area contributed by atoms with Crippen LogP contribution in [0.25, 0.3) is 0 Å². The Bertz CT molecular complexity index is 600. The van der Waals surface area contributed by atoms with Gasteiger partial charge in [0.2, 0.25) is 5.91 Å². The minimum Gasteiger partial charge on any atom is -0.378 e. The Morgan fingerprint density at radius 2 is 2.20 bits per heavy atom. The van der Waals surface area contributed by atoms with Crippen LogP contribution in [0.2, 0.25) is 4.34 Å². The van der Waals surface area contributed by atoms with Crippen LogP contribution < -0.4 is 5.32 Å². The molecule has 1 aromatic carbocycles. The summed E-state index contributed by atoms with van der Waals surface area (Å²) in [6.45, 7) is 2.77. The average molecular weight is 310 g/mol. The van der Waals surface area contributed by atoms with Crippen LogP contribution in [0.3, 0.4) is 0 Å². The van der Waals surface area contributed by atoms with Crippen LogP contribution in [0.5, 0.6) is 0 Å². The van der Waals surface area contributed by atoms with E-state index in [1.54, 1.807) is 25.1 Å². The molecule has 1 N–H and O–H groups in total. The fourth-order valence-electron chi connectivity index (χ4n) is 1.74. The molecule has 20 heavy (non-hydrogen) atoms. The molecule has 0 atom stereocenters. The van der Waals surface area contributed by atoms with Crippen LogP contribution in [-0.2, 0) is 17.9 Å². The standard InChI is InChI=1S/C14H16ClN3OS/c1-10(19)18(2)9-11-5-3-4-6-12(11)16-8-14-17-7-13(15)20-14/h3-7,16H,8-9H2,1-2H3. The van der Waals surface area contributed by atoms with E-state index in [0.717, 1.165) is 16.3 Å². The maximum atomic E-state index is 11.3. The predicted molar refractivity (Wildman–Crippen MR) is 83.0 cm³/mol. The van der Waals surface area contributed by atoms with Crippen molar-refractivity contribution >= 4 is 34.5 Å². The first-order valence-corrected chi connectivity index (χ1v) is 7.39. The van der Waals surface area contributed by atoms with E-state index in [0.29, 0.717) is 17.4 Å². The minimum absolute atomic E-state index is 0.0477. The third-order valence-corrected chi connectivity index (χ3v) is 4.03. The lowest BCUT2D eigenvalue weighted by Gasteiger charge is -2.18. The summed E-state index contributed by atoms with van der Waals surface area (Å²) < 4.78 is 0.686. The van der Waals surface area contributed by atoms with Crippen LogP contribution in [-0.4, -0.2) is 22.8 Å². The molecule has 2 rings (SSSR count). The fourth-order valence-corrected chi connectivity index (χ4v) is 2.63. The van der Waals surface area contributed by atoms with Crippen LogP contribution in [0, 0.1) is 0 Å². The zero-order valence-electron chi connectivity index (χ0n) is 11.4. The van der Waals surface area contributed by atoms with Gasteiger partial charge in [-0.15, -0.1) is 11.3 Å². The lowest BCUT2D eigenvalue weighted by molar-refractivity contribution is -0.128. The molecule has 4 nitrogen and oxygen atoms in total. The Morgan fingerprint density at radius 3 is 2.85 bits per heavy atom. The molecule has 1 amide bonds. The lowest BCUT2D eigenvalue weighted by Crippen LogP contribution is -2.23. The Labute approximate surface area is 127 Å². The van der Waals surface area contributed by atoms with Crippen molar-refractivity contribution in [1.82, 2.24) is 9.88 Å². The summed E-state index contributed by atoms with van der Waals surface area (Å²) in [5, 5.41) is 4.27. The molecule has 2 aromatic rings. The number of benzene rings is 1. The minimum atomic E-state index is 0.0477. The van der Waals surface area contributed by atoms with Gasteiger partial charge in [-0.3, -0.25) is 4.79 Å². The summed E-state index contributed by atoms with van der Waals surface area (Å²) >= 11 is 7.32. The monoisotopic (exact) mass is 309 g/mol. The number of hydrogen-bond acceptors (Lipinski definition) is 4. The van der Waals surface area contributed by atoms with Crippen molar-refractivity contribution in [2.75, 3.05) is 12.4 Å². The van der Waals surface area contributed by atoms with E-state index in [1.807, 2.05) is 24.3 Å². The van der Waals surface area contributed by atoms with Crippen molar-refractivity contribution in [1.29, 1.82) is 0 Å². The van der Waals surface area contributed by atoms with E-state index >= 15 is 0 Å². The van der Waals surface area contributed by atoms with Gasteiger partial charge in [0, 0.05) is 26.2 Å². The number of hydrogen-bond donors (Lipinski definition) is 1. The predicted octanol–water partition coefficient (Wildman–Crippen LogP) is 3.39. The molecule has 1 aromatic heterocycles. The maximum Gasteiger partial charge on any atom is 0.219 e. The number of nitrogens with zero attached hydrogens (tertiary/aromatic N) is 2. The molecule has 0 bridgehead atoms. The number of para-hydroxylation sites is 1. The first kappa shape index (κ1) is 14.8. The molecule has 0 spiro atoms. The summed E-state index contributed by atoms with van der Waals surface area (Å²) in [5.74, 6) is 0.0477. The summed E-state index contributed by atoms with van der Waals surface area (Å²) in [6.07, 6.45) is 1.65. The Morgan fingerprint density at radius 1 is 1.45 bits per heavy atom. The fraction of sp³-hybridized carbons (Fsp3) is 0.286. The van der Waals surface area contributed by atoms with Gasteiger partial charge < -0.3 is 10.2 Å². The number of carbonyl (C=O) groups excluding carboxylic acids is 1. The second-order valence-corrected chi connectivity index (χ2v) is 6.19. The Balaban J connectivity index is 2.05. The highest BCUT2D eigenvalue weighted by Crippen LogP contribution is 2.21. The molecular formula is C14H16ClN3OS. The smallest absolute Gasteiger partial charge is 0.219 e. The van der Waals surface area contributed by atoms with Gasteiger partial charge in [0.15, 0.2) is 0 Å². The van der Waals surface area contributed by atoms with Gasteiger partial charge in [-0.2, -0.15) is 0 Å².